The molecular weight excluding hydrogens is 124 g/mol. The van der Waals surface area contributed by atoms with Crippen LogP contribution in [0.25, 0.3) is 0 Å². The summed E-state index contributed by atoms with van der Waals surface area (Å²) in [6.45, 7) is 2.47. The molecule has 2 heteroatoms. The van der Waals surface area contributed by atoms with E-state index in [2.05, 4.69) is 5.32 Å². The minimum absolute atomic E-state index is 0.317. The van der Waals surface area contributed by atoms with Gasteiger partial charge in [0.1, 0.15) is 0 Å². The lowest BCUT2D eigenvalue weighted by molar-refractivity contribution is -0.131. The second-order valence-corrected chi connectivity index (χ2v) is 4.35. The Morgan fingerprint density at radius 1 is 1.20 bits per heavy atom. The van der Waals surface area contributed by atoms with Crippen molar-refractivity contribution in [2.45, 2.75) is 18.4 Å². The van der Waals surface area contributed by atoms with Crippen LogP contribution in [0.4, 0.5) is 0 Å². The standard InChI is InChI=1S/C8H14N2/c9-8-1-5-3-10-4-6(2-8)7(5)8/h5-7,10H,1-4,9H2. The van der Waals surface area contributed by atoms with Gasteiger partial charge in [-0.3, -0.25) is 0 Å². The fourth-order valence-corrected chi connectivity index (χ4v) is 3.44. The third-order valence-corrected chi connectivity index (χ3v) is 3.78. The van der Waals surface area contributed by atoms with Gasteiger partial charge in [0.15, 0.2) is 0 Å². The summed E-state index contributed by atoms with van der Waals surface area (Å²) in [5.74, 6) is 2.80. The van der Waals surface area contributed by atoms with Crippen LogP contribution in [0.5, 0.6) is 0 Å². The van der Waals surface area contributed by atoms with Gasteiger partial charge in [-0.25, -0.2) is 0 Å². The molecule has 0 aromatic rings. The van der Waals surface area contributed by atoms with Crippen LogP contribution in [0.3, 0.4) is 0 Å². The Kier molecular flexibility index (Phi) is 0.783. The highest BCUT2D eigenvalue weighted by atomic mass is 15.0. The zero-order valence-electron chi connectivity index (χ0n) is 6.14. The number of rotatable bonds is 0. The maximum Gasteiger partial charge on any atom is 0.0195 e. The van der Waals surface area contributed by atoms with E-state index in [0.29, 0.717) is 5.54 Å². The summed E-state index contributed by atoms with van der Waals surface area (Å²) >= 11 is 0. The monoisotopic (exact) mass is 138 g/mol. The molecule has 0 radical (unpaired) electrons. The fourth-order valence-electron chi connectivity index (χ4n) is 3.44. The average Bonchev–Trinajstić information content (AvgIpc) is 1.82. The van der Waals surface area contributed by atoms with Crippen molar-refractivity contribution < 1.29 is 0 Å². The number of nitrogens with two attached hydrogens (primary N) is 1. The van der Waals surface area contributed by atoms with E-state index in [-0.39, 0.29) is 0 Å². The molecule has 1 heterocycles. The Morgan fingerprint density at radius 2 is 1.80 bits per heavy atom. The van der Waals surface area contributed by atoms with Crippen molar-refractivity contribution in [2.24, 2.45) is 23.5 Å². The molecule has 0 bridgehead atoms. The third kappa shape index (κ3) is 0.424. The Balaban J connectivity index is 1.86. The van der Waals surface area contributed by atoms with Crippen LogP contribution in [0.2, 0.25) is 0 Å². The Hall–Kier alpha value is -0.0800. The summed E-state index contributed by atoms with van der Waals surface area (Å²) in [7, 11) is 0. The van der Waals surface area contributed by atoms with Crippen molar-refractivity contribution in [3.8, 4) is 0 Å². The zero-order chi connectivity index (χ0) is 6.77. The predicted molar refractivity (Wildman–Crippen MR) is 39.5 cm³/mol. The van der Waals surface area contributed by atoms with Crippen LogP contribution in [0, 0.1) is 17.8 Å². The van der Waals surface area contributed by atoms with E-state index in [1.54, 1.807) is 0 Å². The summed E-state index contributed by atoms with van der Waals surface area (Å²) in [5, 5.41) is 3.47. The lowest BCUT2D eigenvalue weighted by Crippen LogP contribution is -2.76. The van der Waals surface area contributed by atoms with E-state index in [1.807, 2.05) is 0 Å². The van der Waals surface area contributed by atoms with Gasteiger partial charge in [-0.15, -0.1) is 0 Å². The summed E-state index contributed by atoms with van der Waals surface area (Å²) in [4.78, 5) is 0. The van der Waals surface area contributed by atoms with Crippen LogP contribution in [-0.2, 0) is 0 Å². The molecule has 0 amide bonds. The molecule has 3 rings (SSSR count). The van der Waals surface area contributed by atoms with E-state index >= 15 is 0 Å². The van der Waals surface area contributed by atoms with Crippen LogP contribution in [-0.4, -0.2) is 18.6 Å². The molecule has 2 nitrogen and oxygen atoms in total. The SMILES string of the molecule is NC12CC3CNCC(C1)C32. The number of piperidine rings is 1. The summed E-state index contributed by atoms with van der Waals surface area (Å²) in [5.41, 5.74) is 6.43. The first-order valence-electron chi connectivity index (χ1n) is 4.29. The van der Waals surface area contributed by atoms with Gasteiger partial charge in [-0.1, -0.05) is 0 Å². The average molecular weight is 138 g/mol. The minimum atomic E-state index is 0.317. The van der Waals surface area contributed by atoms with Crippen molar-refractivity contribution in [1.82, 2.24) is 5.32 Å². The first-order chi connectivity index (χ1) is 4.80. The fraction of sp³-hybridized carbons (Fsp3) is 1.00. The van der Waals surface area contributed by atoms with Gasteiger partial charge in [0.05, 0.1) is 0 Å². The lowest BCUT2D eigenvalue weighted by atomic mass is 9.42. The van der Waals surface area contributed by atoms with Crippen molar-refractivity contribution in [3.63, 3.8) is 0 Å². The van der Waals surface area contributed by atoms with E-state index in [9.17, 15) is 0 Å². The second kappa shape index (κ2) is 1.41. The second-order valence-electron chi connectivity index (χ2n) is 4.35. The molecule has 2 aliphatic carbocycles. The van der Waals surface area contributed by atoms with E-state index in [0.717, 1.165) is 17.8 Å². The Bertz CT molecular complexity index is 164. The Labute approximate surface area is 61.2 Å². The van der Waals surface area contributed by atoms with Gasteiger partial charge in [-0.05, 0) is 43.7 Å². The molecule has 2 unspecified atom stereocenters. The summed E-state index contributed by atoms with van der Waals surface area (Å²) in [6.07, 6.45) is 2.59. The van der Waals surface area contributed by atoms with E-state index < -0.39 is 0 Å². The maximum absolute atomic E-state index is 6.11. The molecule has 3 aliphatic rings. The highest BCUT2D eigenvalue weighted by Crippen LogP contribution is 2.60. The number of hydrogen-bond donors (Lipinski definition) is 2. The smallest absolute Gasteiger partial charge is 0.0195 e. The van der Waals surface area contributed by atoms with Crippen LogP contribution in [0.15, 0.2) is 0 Å². The molecule has 3 N–H and O–H groups in total. The van der Waals surface area contributed by atoms with Crippen molar-refractivity contribution >= 4 is 0 Å². The van der Waals surface area contributed by atoms with Crippen molar-refractivity contribution in [2.75, 3.05) is 13.1 Å². The molecule has 1 saturated heterocycles. The van der Waals surface area contributed by atoms with Gasteiger partial charge in [0, 0.05) is 5.54 Å². The molecule has 0 spiro atoms. The third-order valence-electron chi connectivity index (χ3n) is 3.78. The molecular formula is C8H14N2. The molecule has 2 atom stereocenters. The number of nitrogens with one attached hydrogen (secondary N) is 1. The van der Waals surface area contributed by atoms with Gasteiger partial charge in [0.2, 0.25) is 0 Å². The largest absolute Gasteiger partial charge is 0.325 e. The molecule has 2 saturated carbocycles. The molecule has 0 aromatic carbocycles. The molecule has 0 aromatic heterocycles. The van der Waals surface area contributed by atoms with Gasteiger partial charge < -0.3 is 11.1 Å². The van der Waals surface area contributed by atoms with Crippen LogP contribution in [0.1, 0.15) is 12.8 Å². The predicted octanol–water partition coefficient (Wildman–Crippen LogP) is -0.0569. The first-order valence-corrected chi connectivity index (χ1v) is 4.29. The van der Waals surface area contributed by atoms with E-state index in [4.69, 9.17) is 5.73 Å². The van der Waals surface area contributed by atoms with Gasteiger partial charge in [-0.2, -0.15) is 0 Å². The summed E-state index contributed by atoms with van der Waals surface area (Å²) in [6, 6.07) is 0. The van der Waals surface area contributed by atoms with Gasteiger partial charge in [0.25, 0.3) is 0 Å². The van der Waals surface area contributed by atoms with Crippen LogP contribution >= 0.6 is 0 Å². The quantitative estimate of drug-likeness (QED) is 0.492. The maximum atomic E-state index is 6.11. The molecule has 56 valence electrons. The topological polar surface area (TPSA) is 38.0 Å². The lowest BCUT2D eigenvalue weighted by Gasteiger charge is -2.68. The van der Waals surface area contributed by atoms with Gasteiger partial charge >= 0.3 is 0 Å². The highest BCUT2D eigenvalue weighted by Gasteiger charge is 2.63. The first kappa shape index (κ1) is 5.56. The molecule has 3 fully saturated rings. The van der Waals surface area contributed by atoms with Crippen molar-refractivity contribution in [3.05, 3.63) is 0 Å². The van der Waals surface area contributed by atoms with Crippen LogP contribution < -0.4 is 11.1 Å². The molecule has 10 heavy (non-hydrogen) atoms. The zero-order valence-corrected chi connectivity index (χ0v) is 6.14. The highest BCUT2D eigenvalue weighted by molar-refractivity contribution is 5.19. The number of hydrogen-bond acceptors (Lipinski definition) is 2. The normalized spacial score (nSPS) is 63.9. The minimum Gasteiger partial charge on any atom is -0.325 e. The summed E-state index contributed by atoms with van der Waals surface area (Å²) < 4.78 is 0. The van der Waals surface area contributed by atoms with Crippen molar-refractivity contribution in [1.29, 1.82) is 0 Å². The molecule has 1 aliphatic heterocycles. The van der Waals surface area contributed by atoms with E-state index in [1.165, 1.54) is 25.9 Å². The Morgan fingerprint density at radius 3 is 2.20 bits per heavy atom.